The van der Waals surface area contributed by atoms with Crippen molar-refractivity contribution in [3.8, 4) is 11.5 Å². The highest BCUT2D eigenvalue weighted by molar-refractivity contribution is 7.99. The van der Waals surface area contributed by atoms with Crippen LogP contribution in [0.25, 0.3) is 0 Å². The van der Waals surface area contributed by atoms with Crippen LogP contribution in [0.2, 0.25) is 0 Å². The maximum atomic E-state index is 12.4. The van der Waals surface area contributed by atoms with Crippen molar-refractivity contribution in [3.63, 3.8) is 0 Å². The molecular weight excluding hydrogens is 414 g/mol. The molecule has 0 bridgehead atoms. The summed E-state index contributed by atoms with van der Waals surface area (Å²) in [7, 11) is 1.61. The van der Waals surface area contributed by atoms with Crippen molar-refractivity contribution >= 4 is 23.6 Å². The molecule has 0 saturated heterocycles. The van der Waals surface area contributed by atoms with Gasteiger partial charge in [0.1, 0.15) is 6.04 Å². The minimum atomic E-state index is -0.502. The number of aromatic nitrogens is 3. The number of nitrogens with one attached hydrogen (secondary N) is 1. The predicted molar refractivity (Wildman–Crippen MR) is 123 cm³/mol. The molecule has 0 spiro atoms. The Balaban J connectivity index is 1.98. The van der Waals surface area contributed by atoms with Crippen LogP contribution in [0.3, 0.4) is 0 Å². The van der Waals surface area contributed by atoms with Crippen LogP contribution in [-0.4, -0.2) is 40.1 Å². The van der Waals surface area contributed by atoms with Gasteiger partial charge < -0.3 is 20.5 Å². The maximum absolute atomic E-state index is 12.4. The zero-order chi connectivity index (χ0) is 22.4. The Morgan fingerprint density at radius 3 is 2.74 bits per heavy atom. The van der Waals surface area contributed by atoms with Gasteiger partial charge in [-0.2, -0.15) is 4.98 Å². The molecule has 1 aromatic heterocycles. The highest BCUT2D eigenvalue weighted by Gasteiger charge is 2.33. The number of hydrogen-bond donors (Lipinski definition) is 2. The van der Waals surface area contributed by atoms with Crippen molar-refractivity contribution < 1.29 is 14.3 Å². The van der Waals surface area contributed by atoms with Crippen molar-refractivity contribution in [2.24, 2.45) is 5.73 Å². The van der Waals surface area contributed by atoms with E-state index < -0.39 is 11.9 Å². The van der Waals surface area contributed by atoms with Crippen molar-refractivity contribution in [3.05, 3.63) is 35.0 Å². The number of anilines is 1. The van der Waals surface area contributed by atoms with Crippen LogP contribution < -0.4 is 20.5 Å². The molecule has 8 nitrogen and oxygen atoms in total. The van der Waals surface area contributed by atoms with Gasteiger partial charge in [-0.25, -0.2) is 4.68 Å². The van der Waals surface area contributed by atoms with Crippen molar-refractivity contribution in [2.75, 3.05) is 24.8 Å². The molecule has 168 valence electrons. The number of benzene rings is 1. The summed E-state index contributed by atoms with van der Waals surface area (Å²) in [6.45, 7) is 6.73. The van der Waals surface area contributed by atoms with E-state index in [1.807, 2.05) is 25.1 Å². The van der Waals surface area contributed by atoms with Gasteiger partial charge in [0.15, 0.2) is 11.5 Å². The summed E-state index contributed by atoms with van der Waals surface area (Å²) in [5.74, 6) is 2.29. The number of fused-ring (bicyclic) bond motifs is 1. The molecule has 1 atom stereocenters. The number of rotatable bonds is 11. The third-order valence-corrected chi connectivity index (χ3v) is 6.09. The number of nitrogens with zero attached hydrogens (tertiary/aromatic N) is 3. The van der Waals surface area contributed by atoms with E-state index in [9.17, 15) is 4.79 Å². The molecule has 1 aliphatic heterocycles. The standard InChI is InChI=1S/C22H31N5O3S/c1-5-7-8-11-30-16-10-9-15(13-17(16)29-4)19-18(20(23)28)14(3)24-21-25-22(26-27(19)21)31-12-6-2/h9-10,13,19H,5-8,11-12H2,1-4H3,(H2,23,28)(H,24,25,26). The predicted octanol–water partition coefficient (Wildman–Crippen LogP) is 4.13. The van der Waals surface area contributed by atoms with Crippen LogP contribution in [0.1, 0.15) is 58.1 Å². The molecule has 0 saturated carbocycles. The lowest BCUT2D eigenvalue weighted by molar-refractivity contribution is -0.115. The molecule has 3 N–H and O–H groups in total. The van der Waals surface area contributed by atoms with E-state index in [0.29, 0.717) is 40.5 Å². The van der Waals surface area contributed by atoms with Gasteiger partial charge in [0.05, 0.1) is 19.3 Å². The highest BCUT2D eigenvalue weighted by atomic mass is 32.2. The smallest absolute Gasteiger partial charge is 0.248 e. The number of allylic oxidation sites excluding steroid dienone is 1. The van der Waals surface area contributed by atoms with Crippen LogP contribution in [0.5, 0.6) is 11.5 Å². The van der Waals surface area contributed by atoms with Gasteiger partial charge in [0.25, 0.3) is 0 Å². The number of amides is 1. The number of nitrogens with two attached hydrogens (primary N) is 1. The Morgan fingerprint density at radius 2 is 2.06 bits per heavy atom. The first kappa shape index (κ1) is 23.0. The van der Waals surface area contributed by atoms with Gasteiger partial charge >= 0.3 is 0 Å². The molecule has 9 heteroatoms. The lowest BCUT2D eigenvalue weighted by Crippen LogP contribution is -2.31. The first-order chi connectivity index (χ1) is 15.0. The van der Waals surface area contributed by atoms with Crippen molar-refractivity contribution in [2.45, 2.75) is 57.7 Å². The second-order valence-corrected chi connectivity index (χ2v) is 8.47. The first-order valence-electron chi connectivity index (χ1n) is 10.7. The molecule has 2 aromatic rings. The van der Waals surface area contributed by atoms with Crippen molar-refractivity contribution in [1.29, 1.82) is 0 Å². The summed E-state index contributed by atoms with van der Waals surface area (Å²) in [6.07, 6.45) is 4.26. The van der Waals surface area contributed by atoms with Crippen LogP contribution >= 0.6 is 11.8 Å². The van der Waals surface area contributed by atoms with Gasteiger partial charge in [-0.05, 0) is 37.5 Å². The minimum Gasteiger partial charge on any atom is -0.493 e. The summed E-state index contributed by atoms with van der Waals surface area (Å²) in [5.41, 5.74) is 7.71. The quantitative estimate of drug-likeness (QED) is 0.396. The summed E-state index contributed by atoms with van der Waals surface area (Å²) in [6, 6.07) is 5.18. The highest BCUT2D eigenvalue weighted by Crippen LogP contribution is 2.39. The molecule has 1 amide bonds. The average molecular weight is 446 g/mol. The van der Waals surface area contributed by atoms with Crippen LogP contribution in [0.4, 0.5) is 5.95 Å². The van der Waals surface area contributed by atoms with Crippen molar-refractivity contribution in [1.82, 2.24) is 14.8 Å². The fraction of sp³-hybridized carbons (Fsp3) is 0.500. The molecule has 0 aliphatic carbocycles. The normalized spacial score (nSPS) is 15.4. The molecule has 1 aromatic carbocycles. The Labute approximate surface area is 187 Å². The minimum absolute atomic E-state index is 0.447. The zero-order valence-electron chi connectivity index (χ0n) is 18.6. The van der Waals surface area contributed by atoms with E-state index in [-0.39, 0.29) is 0 Å². The van der Waals surface area contributed by atoms with E-state index >= 15 is 0 Å². The Morgan fingerprint density at radius 1 is 1.26 bits per heavy atom. The summed E-state index contributed by atoms with van der Waals surface area (Å²) in [5, 5.41) is 8.48. The van der Waals surface area contributed by atoms with Crippen LogP contribution in [0.15, 0.2) is 34.6 Å². The lowest BCUT2D eigenvalue weighted by Gasteiger charge is -2.28. The summed E-state index contributed by atoms with van der Waals surface area (Å²) < 4.78 is 13.2. The first-order valence-corrected chi connectivity index (χ1v) is 11.7. The van der Waals surface area contributed by atoms with Gasteiger partial charge in [-0.15, -0.1) is 5.10 Å². The Hall–Kier alpha value is -2.68. The van der Waals surface area contributed by atoms with Gasteiger partial charge in [-0.3, -0.25) is 4.79 Å². The monoisotopic (exact) mass is 445 g/mol. The van der Waals surface area contributed by atoms with Gasteiger partial charge in [0.2, 0.25) is 17.0 Å². The number of ether oxygens (including phenoxy) is 2. The molecule has 0 fully saturated rings. The number of primary amides is 1. The second-order valence-electron chi connectivity index (χ2n) is 7.41. The lowest BCUT2D eigenvalue weighted by atomic mass is 9.95. The summed E-state index contributed by atoms with van der Waals surface area (Å²) in [4.78, 5) is 17.0. The zero-order valence-corrected chi connectivity index (χ0v) is 19.4. The van der Waals surface area contributed by atoms with Gasteiger partial charge in [-0.1, -0.05) is 44.5 Å². The van der Waals surface area contributed by atoms with Crippen LogP contribution in [0, 0.1) is 0 Å². The largest absolute Gasteiger partial charge is 0.493 e. The SMILES string of the molecule is CCCCCOc1ccc(C2C(C(N)=O)=C(C)Nc3nc(SCCC)nn32)cc1OC. The number of carbonyl (C=O) groups excluding carboxylic acids is 1. The van der Waals surface area contributed by atoms with Crippen LogP contribution in [-0.2, 0) is 4.79 Å². The molecule has 1 aliphatic rings. The number of unbranched alkanes of at least 4 members (excludes halogenated alkanes) is 2. The number of hydrogen-bond acceptors (Lipinski definition) is 7. The molecular formula is C22H31N5O3S. The maximum Gasteiger partial charge on any atom is 0.248 e. The molecule has 1 unspecified atom stereocenters. The molecule has 3 rings (SSSR count). The molecule has 0 radical (unpaired) electrons. The molecule has 31 heavy (non-hydrogen) atoms. The molecule has 2 heterocycles. The van der Waals surface area contributed by atoms with E-state index in [1.165, 1.54) is 0 Å². The van der Waals surface area contributed by atoms with Gasteiger partial charge in [0, 0.05) is 11.4 Å². The number of carbonyl (C=O) groups is 1. The Bertz CT molecular complexity index is 957. The van der Waals surface area contributed by atoms with E-state index in [0.717, 1.165) is 37.0 Å². The van der Waals surface area contributed by atoms with E-state index in [4.69, 9.17) is 15.2 Å². The van der Waals surface area contributed by atoms with E-state index in [1.54, 1.807) is 23.6 Å². The fourth-order valence-electron chi connectivity index (χ4n) is 3.52. The van der Waals surface area contributed by atoms with E-state index in [2.05, 4.69) is 29.2 Å². The number of methoxy groups -OCH3 is 1. The third kappa shape index (κ3) is 5.15. The Kier molecular flexibility index (Phi) is 7.84. The number of thioether (sulfide) groups is 1. The summed E-state index contributed by atoms with van der Waals surface area (Å²) >= 11 is 1.58. The fourth-order valence-corrected chi connectivity index (χ4v) is 4.20. The topological polar surface area (TPSA) is 104 Å². The third-order valence-electron chi connectivity index (χ3n) is 5.04. The average Bonchev–Trinajstić information content (AvgIpc) is 3.16. The second kappa shape index (κ2) is 10.6.